The second-order valence-electron chi connectivity index (χ2n) is 8.04. The van der Waals surface area contributed by atoms with Crippen LogP contribution in [0.2, 0.25) is 0 Å². The molecule has 7 nitrogen and oxygen atoms in total. The maximum absolute atomic E-state index is 12.8. The summed E-state index contributed by atoms with van der Waals surface area (Å²) < 4.78 is 0. The molecule has 2 aromatic carbocycles. The van der Waals surface area contributed by atoms with Crippen LogP contribution in [0.1, 0.15) is 52.6 Å². The van der Waals surface area contributed by atoms with E-state index >= 15 is 0 Å². The molecule has 0 aromatic heterocycles. The van der Waals surface area contributed by atoms with Gasteiger partial charge in [0.2, 0.25) is 0 Å². The van der Waals surface area contributed by atoms with Crippen LogP contribution in [-0.2, 0) is 16.1 Å². The molecule has 0 fully saturated rings. The van der Waals surface area contributed by atoms with E-state index in [2.05, 4.69) is 5.48 Å². The molecule has 0 spiro atoms. The minimum absolute atomic E-state index is 0.187. The van der Waals surface area contributed by atoms with Gasteiger partial charge in [0.25, 0.3) is 11.8 Å². The molecule has 3 rings (SSSR count). The SMILES string of the molecule is Cc1cccc2c1C(=O)N(c1ccc(C[C@H](NOC(C)(C)C)C(=O)O)cc1)C2=O. The molecule has 7 heteroatoms. The normalized spacial score (nSPS) is 14.8. The van der Waals surface area contributed by atoms with Crippen LogP contribution in [0, 0.1) is 6.92 Å². The average Bonchev–Trinajstić information content (AvgIpc) is 2.90. The Hall–Kier alpha value is -3.03. The topological polar surface area (TPSA) is 95.9 Å². The monoisotopic (exact) mass is 396 g/mol. The molecule has 2 amide bonds. The summed E-state index contributed by atoms with van der Waals surface area (Å²) in [6.45, 7) is 7.25. The van der Waals surface area contributed by atoms with Gasteiger partial charge in [-0.1, -0.05) is 24.3 Å². The molecular formula is C22H24N2O5. The highest BCUT2D eigenvalue weighted by Gasteiger charge is 2.37. The van der Waals surface area contributed by atoms with Crippen molar-refractivity contribution in [2.45, 2.75) is 45.8 Å². The van der Waals surface area contributed by atoms with Crippen molar-refractivity contribution in [2.24, 2.45) is 0 Å². The summed E-state index contributed by atoms with van der Waals surface area (Å²) in [6, 6.07) is 11.0. The molecule has 2 aromatic rings. The number of aliphatic carboxylic acids is 1. The minimum atomic E-state index is -1.03. The third-order valence-corrected chi connectivity index (χ3v) is 4.56. The van der Waals surface area contributed by atoms with Gasteiger partial charge in [-0.3, -0.25) is 19.2 Å². The number of nitrogens with one attached hydrogen (secondary N) is 1. The molecule has 1 heterocycles. The number of carboxylic acids is 1. The van der Waals surface area contributed by atoms with Crippen molar-refractivity contribution in [1.29, 1.82) is 0 Å². The zero-order valence-corrected chi connectivity index (χ0v) is 16.9. The van der Waals surface area contributed by atoms with Crippen LogP contribution in [0.3, 0.4) is 0 Å². The molecule has 1 aliphatic rings. The number of carboxylic acid groups (broad SMARTS) is 1. The second-order valence-corrected chi connectivity index (χ2v) is 8.04. The number of hydrogen-bond donors (Lipinski definition) is 2. The van der Waals surface area contributed by atoms with E-state index in [-0.39, 0.29) is 18.2 Å². The van der Waals surface area contributed by atoms with Gasteiger partial charge in [-0.2, -0.15) is 5.48 Å². The first-order valence-corrected chi connectivity index (χ1v) is 9.32. The van der Waals surface area contributed by atoms with E-state index < -0.39 is 17.6 Å². The molecule has 0 unspecified atom stereocenters. The molecule has 1 aliphatic heterocycles. The zero-order chi connectivity index (χ0) is 21.3. The van der Waals surface area contributed by atoms with Gasteiger partial charge in [0.15, 0.2) is 0 Å². The van der Waals surface area contributed by atoms with E-state index in [4.69, 9.17) is 4.84 Å². The maximum Gasteiger partial charge on any atom is 0.323 e. The van der Waals surface area contributed by atoms with E-state index in [0.717, 1.165) is 16.0 Å². The molecule has 2 N–H and O–H groups in total. The summed E-state index contributed by atoms with van der Waals surface area (Å²) >= 11 is 0. The standard InChI is InChI=1S/C22H24N2O5/c1-13-6-5-7-16-18(13)20(26)24(19(16)25)15-10-8-14(9-11-15)12-17(21(27)28)23-29-22(2,3)4/h5-11,17,23H,12H2,1-4H3,(H,27,28)/t17-/m0/s1. The number of aryl methyl sites for hydroxylation is 1. The number of rotatable bonds is 6. The van der Waals surface area contributed by atoms with Gasteiger partial charge in [-0.25, -0.2) is 4.90 Å². The van der Waals surface area contributed by atoms with E-state index in [0.29, 0.717) is 16.8 Å². The Morgan fingerprint density at radius 1 is 1.10 bits per heavy atom. The zero-order valence-electron chi connectivity index (χ0n) is 16.9. The van der Waals surface area contributed by atoms with Crippen LogP contribution < -0.4 is 10.4 Å². The van der Waals surface area contributed by atoms with Gasteiger partial charge in [-0.05, 0) is 57.0 Å². The van der Waals surface area contributed by atoms with E-state index in [1.165, 1.54) is 0 Å². The minimum Gasteiger partial charge on any atom is -0.480 e. The van der Waals surface area contributed by atoms with Crippen LogP contribution >= 0.6 is 0 Å². The summed E-state index contributed by atoms with van der Waals surface area (Å²) in [5.74, 6) is -1.74. The van der Waals surface area contributed by atoms with Crippen LogP contribution in [0.25, 0.3) is 0 Å². The van der Waals surface area contributed by atoms with Crippen molar-refractivity contribution >= 4 is 23.5 Å². The van der Waals surface area contributed by atoms with Crippen LogP contribution in [0.4, 0.5) is 5.69 Å². The number of hydrogen-bond acceptors (Lipinski definition) is 5. The Labute approximate surface area is 169 Å². The van der Waals surface area contributed by atoms with Crippen molar-refractivity contribution in [3.8, 4) is 0 Å². The molecule has 0 bridgehead atoms. The smallest absolute Gasteiger partial charge is 0.323 e. The van der Waals surface area contributed by atoms with Crippen molar-refractivity contribution < 1.29 is 24.3 Å². The van der Waals surface area contributed by atoms with Crippen LogP contribution in [-0.4, -0.2) is 34.5 Å². The number of benzene rings is 2. The maximum atomic E-state index is 12.8. The lowest BCUT2D eigenvalue weighted by molar-refractivity contribution is -0.150. The van der Waals surface area contributed by atoms with Gasteiger partial charge in [0.05, 0.1) is 22.4 Å². The summed E-state index contributed by atoms with van der Waals surface area (Å²) in [6.07, 6.45) is 0.187. The fourth-order valence-corrected chi connectivity index (χ4v) is 3.13. The van der Waals surface area contributed by atoms with Crippen molar-refractivity contribution in [1.82, 2.24) is 5.48 Å². The van der Waals surface area contributed by atoms with Crippen LogP contribution in [0.5, 0.6) is 0 Å². The second kappa shape index (κ2) is 7.77. The first-order chi connectivity index (χ1) is 13.6. The number of carbonyl (C=O) groups excluding carboxylic acids is 2. The fraction of sp³-hybridized carbons (Fsp3) is 0.318. The Morgan fingerprint density at radius 2 is 1.76 bits per heavy atom. The highest BCUT2D eigenvalue weighted by Crippen LogP contribution is 2.30. The molecule has 0 saturated carbocycles. The molecule has 0 saturated heterocycles. The average molecular weight is 396 g/mol. The third kappa shape index (κ3) is 4.36. The largest absolute Gasteiger partial charge is 0.480 e. The lowest BCUT2D eigenvalue weighted by atomic mass is 10.0. The molecule has 1 atom stereocenters. The number of anilines is 1. The highest BCUT2D eigenvalue weighted by atomic mass is 16.7. The molecular weight excluding hydrogens is 372 g/mol. The van der Waals surface area contributed by atoms with Gasteiger partial charge in [0.1, 0.15) is 6.04 Å². The first-order valence-electron chi connectivity index (χ1n) is 9.32. The number of fused-ring (bicyclic) bond motifs is 1. The number of amides is 2. The number of imide groups is 1. The number of nitrogens with zero attached hydrogens (tertiary/aromatic N) is 1. The Morgan fingerprint density at radius 3 is 2.31 bits per heavy atom. The summed E-state index contributed by atoms with van der Waals surface area (Å²) in [5, 5.41) is 9.41. The molecule has 29 heavy (non-hydrogen) atoms. The molecule has 0 radical (unpaired) electrons. The predicted molar refractivity (Wildman–Crippen MR) is 108 cm³/mol. The number of carbonyl (C=O) groups is 3. The van der Waals surface area contributed by atoms with E-state index in [1.807, 2.05) is 20.8 Å². The van der Waals surface area contributed by atoms with Crippen molar-refractivity contribution in [2.75, 3.05) is 4.90 Å². The predicted octanol–water partition coefficient (Wildman–Crippen LogP) is 3.11. The number of hydroxylamine groups is 1. The third-order valence-electron chi connectivity index (χ3n) is 4.56. The highest BCUT2D eigenvalue weighted by molar-refractivity contribution is 6.34. The Balaban J connectivity index is 1.77. The summed E-state index contributed by atoms with van der Waals surface area (Å²) in [7, 11) is 0. The van der Waals surface area contributed by atoms with Gasteiger partial charge in [0, 0.05) is 6.42 Å². The van der Waals surface area contributed by atoms with Gasteiger partial charge < -0.3 is 5.11 Å². The van der Waals surface area contributed by atoms with E-state index in [9.17, 15) is 19.5 Å². The van der Waals surface area contributed by atoms with Crippen molar-refractivity contribution in [3.63, 3.8) is 0 Å². The van der Waals surface area contributed by atoms with Gasteiger partial charge in [-0.15, -0.1) is 0 Å². The van der Waals surface area contributed by atoms with Crippen LogP contribution in [0.15, 0.2) is 42.5 Å². The fourth-order valence-electron chi connectivity index (χ4n) is 3.13. The Kier molecular flexibility index (Phi) is 5.55. The summed E-state index contributed by atoms with van der Waals surface area (Å²) in [5.41, 5.74) is 4.83. The molecule has 152 valence electrons. The lowest BCUT2D eigenvalue weighted by Gasteiger charge is -2.23. The molecule has 0 aliphatic carbocycles. The lowest BCUT2D eigenvalue weighted by Crippen LogP contribution is -2.42. The Bertz CT molecular complexity index is 960. The summed E-state index contributed by atoms with van der Waals surface area (Å²) in [4.78, 5) is 43.5. The quantitative estimate of drug-likeness (QED) is 0.575. The first kappa shape index (κ1) is 20.7. The van der Waals surface area contributed by atoms with Crippen molar-refractivity contribution in [3.05, 3.63) is 64.7 Å². The van der Waals surface area contributed by atoms with E-state index in [1.54, 1.807) is 49.4 Å². The van der Waals surface area contributed by atoms with Gasteiger partial charge >= 0.3 is 5.97 Å².